The molecule has 1 aliphatic rings. The van der Waals surface area contributed by atoms with Crippen molar-refractivity contribution in [3.63, 3.8) is 0 Å². The zero-order valence-electron chi connectivity index (χ0n) is 7.64. The van der Waals surface area contributed by atoms with Crippen LogP contribution in [-0.4, -0.2) is 36.2 Å². The molecule has 0 spiro atoms. The summed E-state index contributed by atoms with van der Waals surface area (Å²) in [6, 6.07) is 0. The smallest absolute Gasteiger partial charge is 0.317 e. The Kier molecular flexibility index (Phi) is 2.87. The molecule has 18 heavy (non-hydrogen) atoms. The molecule has 0 N–H and O–H groups in total. The molecule has 0 aromatic rings. The first-order valence-electron chi connectivity index (χ1n) is 3.84. The van der Waals surface area contributed by atoms with Gasteiger partial charge in [-0.1, -0.05) is 0 Å². The van der Waals surface area contributed by atoms with Crippen LogP contribution in [0.5, 0.6) is 0 Å². The maximum atomic E-state index is 13.1. The number of alkyl halides is 11. The van der Waals surface area contributed by atoms with Gasteiger partial charge in [-0.15, -0.1) is 0 Å². The molecule has 108 valence electrons. The van der Waals surface area contributed by atoms with Crippen LogP contribution < -0.4 is 0 Å². The van der Waals surface area contributed by atoms with Gasteiger partial charge in [-0.3, -0.25) is 0 Å². The average Bonchev–Trinajstić information content (AvgIpc) is 2.06. The summed E-state index contributed by atoms with van der Waals surface area (Å²) in [6.07, 6.45) is -24.8. The topological polar surface area (TPSA) is 9.23 Å². The second-order valence-corrected chi connectivity index (χ2v) is 3.32. The SMILES string of the molecule is F[C@@H]1OC(C(F)(F)F)(C(F)(F)F)[C@@]1(F)C(F)(F)F. The molecular weight excluding hydrogens is 297 g/mol. The van der Waals surface area contributed by atoms with E-state index in [0.717, 1.165) is 0 Å². The summed E-state index contributed by atoms with van der Waals surface area (Å²) in [5.74, 6) is 0. The number of halogens is 11. The Labute approximate surface area is 90.5 Å². The van der Waals surface area contributed by atoms with Gasteiger partial charge in [0.25, 0.3) is 0 Å². The van der Waals surface area contributed by atoms with Gasteiger partial charge in [0.2, 0.25) is 6.36 Å². The van der Waals surface area contributed by atoms with Crippen LogP contribution in [0.3, 0.4) is 0 Å². The molecule has 0 unspecified atom stereocenters. The van der Waals surface area contributed by atoms with Crippen molar-refractivity contribution in [2.45, 2.75) is 36.2 Å². The summed E-state index contributed by atoms with van der Waals surface area (Å²) in [6.45, 7) is 0. The lowest BCUT2D eigenvalue weighted by atomic mass is 9.76. The van der Waals surface area contributed by atoms with E-state index in [1.54, 1.807) is 0 Å². The van der Waals surface area contributed by atoms with Crippen molar-refractivity contribution in [3.05, 3.63) is 0 Å². The largest absolute Gasteiger partial charge is 0.431 e. The average molecular weight is 298 g/mol. The fourth-order valence-corrected chi connectivity index (χ4v) is 1.46. The van der Waals surface area contributed by atoms with Gasteiger partial charge in [0.05, 0.1) is 0 Å². The Bertz CT molecular complexity index is 323. The van der Waals surface area contributed by atoms with Gasteiger partial charge in [0.1, 0.15) is 0 Å². The second-order valence-electron chi connectivity index (χ2n) is 3.32. The van der Waals surface area contributed by atoms with E-state index >= 15 is 0 Å². The highest BCUT2D eigenvalue weighted by Crippen LogP contribution is 2.66. The minimum atomic E-state index is -6.84. The molecule has 0 aliphatic carbocycles. The van der Waals surface area contributed by atoms with Crippen LogP contribution in [0, 0.1) is 0 Å². The van der Waals surface area contributed by atoms with Gasteiger partial charge in [0, 0.05) is 0 Å². The Balaban J connectivity index is 3.51. The highest BCUT2D eigenvalue weighted by Gasteiger charge is 2.98. The van der Waals surface area contributed by atoms with Crippen molar-refractivity contribution in [1.82, 2.24) is 0 Å². The third-order valence-corrected chi connectivity index (χ3v) is 2.32. The molecule has 0 saturated carbocycles. The van der Waals surface area contributed by atoms with Crippen LogP contribution in [0.2, 0.25) is 0 Å². The predicted molar refractivity (Wildman–Crippen MR) is 30.7 cm³/mol. The molecule has 1 heterocycles. The van der Waals surface area contributed by atoms with Gasteiger partial charge in [-0.05, 0) is 0 Å². The minimum absolute atomic E-state index is 2.49. The first-order valence-corrected chi connectivity index (χ1v) is 3.84. The number of rotatable bonds is 0. The normalized spacial score (nSPS) is 33.2. The molecule has 0 aromatic heterocycles. The summed E-state index contributed by atoms with van der Waals surface area (Å²) < 4.78 is 136. The quantitative estimate of drug-likeness (QED) is 0.622. The van der Waals surface area contributed by atoms with E-state index in [2.05, 4.69) is 4.74 Å². The summed E-state index contributed by atoms with van der Waals surface area (Å²) in [7, 11) is 0. The second kappa shape index (κ2) is 3.39. The Hall–Kier alpha value is -0.810. The Morgan fingerprint density at radius 2 is 1.06 bits per heavy atom. The van der Waals surface area contributed by atoms with Crippen LogP contribution in [-0.2, 0) is 4.74 Å². The van der Waals surface area contributed by atoms with Crippen molar-refractivity contribution in [3.8, 4) is 0 Å². The van der Waals surface area contributed by atoms with E-state index in [0.29, 0.717) is 0 Å². The zero-order chi connectivity index (χ0) is 14.8. The molecule has 1 aliphatic heterocycles. The lowest BCUT2D eigenvalue weighted by molar-refractivity contribution is -0.545. The highest BCUT2D eigenvalue weighted by atomic mass is 19.4. The predicted octanol–water partition coefficient (Wildman–Crippen LogP) is 3.45. The number of hydrogen-bond donors (Lipinski definition) is 0. The van der Waals surface area contributed by atoms with Crippen molar-refractivity contribution in [2.24, 2.45) is 0 Å². The third kappa shape index (κ3) is 1.43. The monoisotopic (exact) mass is 298 g/mol. The highest BCUT2D eigenvalue weighted by molar-refractivity contribution is 5.22. The van der Waals surface area contributed by atoms with Crippen LogP contribution in [0.15, 0.2) is 0 Å². The molecule has 0 amide bonds. The van der Waals surface area contributed by atoms with Gasteiger partial charge in [0.15, 0.2) is 0 Å². The van der Waals surface area contributed by atoms with Crippen LogP contribution in [0.25, 0.3) is 0 Å². The Morgan fingerprint density at radius 3 is 1.17 bits per heavy atom. The van der Waals surface area contributed by atoms with Crippen molar-refractivity contribution in [2.75, 3.05) is 0 Å². The van der Waals surface area contributed by atoms with Crippen LogP contribution in [0.1, 0.15) is 0 Å². The van der Waals surface area contributed by atoms with Crippen LogP contribution in [0.4, 0.5) is 48.3 Å². The molecule has 2 atom stereocenters. The molecule has 1 saturated heterocycles. The molecule has 0 radical (unpaired) electrons. The molecule has 0 aromatic carbocycles. The fraction of sp³-hybridized carbons (Fsp3) is 1.00. The summed E-state index contributed by atoms with van der Waals surface area (Å²) in [5, 5.41) is 0. The zero-order valence-corrected chi connectivity index (χ0v) is 7.64. The van der Waals surface area contributed by atoms with E-state index in [1.165, 1.54) is 0 Å². The fourth-order valence-electron chi connectivity index (χ4n) is 1.46. The number of ether oxygens (including phenoxy) is 1. The maximum Gasteiger partial charge on any atom is 0.431 e. The van der Waals surface area contributed by atoms with E-state index < -0.39 is 36.2 Å². The van der Waals surface area contributed by atoms with Crippen molar-refractivity contribution >= 4 is 0 Å². The third-order valence-electron chi connectivity index (χ3n) is 2.32. The van der Waals surface area contributed by atoms with E-state index in [1.807, 2.05) is 0 Å². The first kappa shape index (κ1) is 15.2. The molecule has 0 bridgehead atoms. The van der Waals surface area contributed by atoms with Gasteiger partial charge < -0.3 is 4.74 Å². The molecule has 1 rings (SSSR count). The van der Waals surface area contributed by atoms with Crippen molar-refractivity contribution < 1.29 is 53.0 Å². The molecular formula is C6HF11O. The van der Waals surface area contributed by atoms with E-state index in [4.69, 9.17) is 0 Å². The first-order chi connectivity index (χ1) is 7.63. The molecule has 1 nitrogen and oxygen atoms in total. The summed E-state index contributed by atoms with van der Waals surface area (Å²) >= 11 is 0. The molecule has 1 fully saturated rings. The summed E-state index contributed by atoms with van der Waals surface area (Å²) in [5.41, 5.74) is -12.5. The minimum Gasteiger partial charge on any atom is -0.317 e. The maximum absolute atomic E-state index is 13.1. The lowest BCUT2D eigenvalue weighted by Crippen LogP contribution is -2.86. The lowest BCUT2D eigenvalue weighted by Gasteiger charge is -2.55. The standard InChI is InChI=1S/C6HF11O/c7-1-2(8,4(9,10)11)3(18-1,5(12,13)14)6(15,16)17/h1H/t1-,2-/m1/s1. The van der Waals surface area contributed by atoms with Crippen LogP contribution >= 0.6 is 0 Å². The van der Waals surface area contributed by atoms with Gasteiger partial charge in [-0.25, -0.2) is 8.78 Å². The van der Waals surface area contributed by atoms with E-state index in [-0.39, 0.29) is 0 Å². The molecule has 12 heteroatoms. The van der Waals surface area contributed by atoms with Gasteiger partial charge in [-0.2, -0.15) is 39.5 Å². The van der Waals surface area contributed by atoms with Gasteiger partial charge >= 0.3 is 29.8 Å². The summed E-state index contributed by atoms with van der Waals surface area (Å²) in [4.78, 5) is 0. The Morgan fingerprint density at radius 1 is 0.722 bits per heavy atom. The van der Waals surface area contributed by atoms with Crippen molar-refractivity contribution in [1.29, 1.82) is 0 Å². The van der Waals surface area contributed by atoms with E-state index in [9.17, 15) is 48.3 Å². The number of hydrogen-bond acceptors (Lipinski definition) is 1.